The summed E-state index contributed by atoms with van der Waals surface area (Å²) in [4.78, 5) is 0.188. The Morgan fingerprint density at radius 2 is 1.89 bits per heavy atom. The van der Waals surface area contributed by atoms with Gasteiger partial charge < -0.3 is 14.8 Å². The van der Waals surface area contributed by atoms with Crippen LogP contribution in [0.2, 0.25) is 0 Å². The summed E-state index contributed by atoms with van der Waals surface area (Å²) >= 11 is 0. The van der Waals surface area contributed by atoms with Crippen LogP contribution in [0, 0.1) is 0 Å². The van der Waals surface area contributed by atoms with E-state index in [0.717, 1.165) is 6.54 Å². The first kappa shape index (κ1) is 14.1. The molecule has 0 atom stereocenters. The first-order valence-corrected chi connectivity index (χ1v) is 7.72. The predicted octanol–water partition coefficient (Wildman–Crippen LogP) is 0.346. The van der Waals surface area contributed by atoms with Gasteiger partial charge in [0.15, 0.2) is 11.5 Å². The van der Waals surface area contributed by atoms with Gasteiger partial charge >= 0.3 is 0 Å². The molecule has 2 N–H and O–H groups in total. The number of benzene rings is 1. The van der Waals surface area contributed by atoms with Gasteiger partial charge in [0.25, 0.3) is 0 Å². The fourth-order valence-electron chi connectivity index (χ4n) is 1.72. The van der Waals surface area contributed by atoms with Crippen LogP contribution in [0.15, 0.2) is 23.1 Å². The summed E-state index contributed by atoms with van der Waals surface area (Å²) in [6.45, 7) is 4.65. The summed E-state index contributed by atoms with van der Waals surface area (Å²) in [5, 5.41) is 3.05. The van der Waals surface area contributed by atoms with Crippen LogP contribution in [0.1, 0.15) is 6.92 Å². The second-order valence-electron chi connectivity index (χ2n) is 4.06. The van der Waals surface area contributed by atoms with E-state index in [1.165, 1.54) is 12.1 Å². The van der Waals surface area contributed by atoms with Gasteiger partial charge in [-0.3, -0.25) is 0 Å². The summed E-state index contributed by atoms with van der Waals surface area (Å²) in [6.07, 6.45) is 0. The topological polar surface area (TPSA) is 76.7 Å². The third-order valence-corrected chi connectivity index (χ3v) is 4.13. The molecular weight excluding hydrogens is 268 g/mol. The molecule has 1 aromatic carbocycles. The van der Waals surface area contributed by atoms with Crippen LogP contribution in [0.3, 0.4) is 0 Å². The van der Waals surface area contributed by atoms with Crippen LogP contribution in [0.5, 0.6) is 11.5 Å². The predicted molar refractivity (Wildman–Crippen MR) is 71.2 cm³/mol. The number of rotatable bonds is 6. The summed E-state index contributed by atoms with van der Waals surface area (Å²) in [7, 11) is -3.50. The van der Waals surface area contributed by atoms with E-state index in [1.807, 2.05) is 6.92 Å². The van der Waals surface area contributed by atoms with Crippen molar-refractivity contribution in [2.24, 2.45) is 0 Å². The van der Waals surface area contributed by atoms with Gasteiger partial charge in [0.1, 0.15) is 13.2 Å². The zero-order chi connectivity index (χ0) is 13.7. The minimum Gasteiger partial charge on any atom is -0.486 e. The Kier molecular flexibility index (Phi) is 4.62. The minimum atomic E-state index is -3.50. The lowest BCUT2D eigenvalue weighted by Gasteiger charge is -2.18. The molecule has 0 saturated carbocycles. The largest absolute Gasteiger partial charge is 0.486 e. The molecule has 0 bridgehead atoms. The van der Waals surface area contributed by atoms with Crippen molar-refractivity contribution in [3.8, 4) is 11.5 Å². The second-order valence-corrected chi connectivity index (χ2v) is 5.82. The minimum absolute atomic E-state index is 0.188. The second kappa shape index (κ2) is 6.23. The van der Waals surface area contributed by atoms with Gasteiger partial charge in [-0.2, -0.15) is 0 Å². The molecule has 1 aliphatic rings. The van der Waals surface area contributed by atoms with Gasteiger partial charge in [0, 0.05) is 19.2 Å². The molecule has 1 aromatic rings. The molecular formula is C12H18N2O4S. The average Bonchev–Trinajstić information content (AvgIpc) is 2.43. The molecule has 0 amide bonds. The van der Waals surface area contributed by atoms with E-state index in [4.69, 9.17) is 9.47 Å². The molecule has 2 rings (SSSR count). The quantitative estimate of drug-likeness (QED) is 0.738. The van der Waals surface area contributed by atoms with Crippen molar-refractivity contribution in [3.63, 3.8) is 0 Å². The number of likely N-dealkylation sites (N-methyl/N-ethyl adjacent to an activating group) is 1. The molecule has 0 unspecified atom stereocenters. The monoisotopic (exact) mass is 286 g/mol. The van der Waals surface area contributed by atoms with Gasteiger partial charge in [-0.25, -0.2) is 13.1 Å². The number of hydrogen-bond donors (Lipinski definition) is 2. The summed E-state index contributed by atoms with van der Waals surface area (Å²) < 4.78 is 37.3. The first-order valence-electron chi connectivity index (χ1n) is 6.23. The van der Waals surface area contributed by atoms with E-state index in [9.17, 15) is 8.42 Å². The van der Waals surface area contributed by atoms with Crippen LogP contribution in [0.4, 0.5) is 0 Å². The van der Waals surface area contributed by atoms with Crippen molar-refractivity contribution in [2.75, 3.05) is 32.8 Å². The normalized spacial score (nSPS) is 14.4. The molecule has 0 aliphatic carbocycles. The van der Waals surface area contributed by atoms with Crippen molar-refractivity contribution in [1.82, 2.24) is 10.0 Å². The molecule has 6 nitrogen and oxygen atoms in total. The van der Waals surface area contributed by atoms with Crippen molar-refractivity contribution >= 4 is 10.0 Å². The van der Waals surface area contributed by atoms with Crippen LogP contribution in [-0.2, 0) is 10.0 Å². The summed E-state index contributed by atoms with van der Waals surface area (Å²) in [5.41, 5.74) is 0. The van der Waals surface area contributed by atoms with Gasteiger partial charge in [0.2, 0.25) is 10.0 Å². The van der Waals surface area contributed by atoms with E-state index < -0.39 is 10.0 Å². The molecule has 0 aromatic heterocycles. The number of hydrogen-bond acceptors (Lipinski definition) is 5. The molecule has 0 spiro atoms. The highest BCUT2D eigenvalue weighted by atomic mass is 32.2. The Balaban J connectivity index is 2.07. The average molecular weight is 286 g/mol. The van der Waals surface area contributed by atoms with Crippen LogP contribution in [-0.4, -0.2) is 41.3 Å². The van der Waals surface area contributed by atoms with Gasteiger partial charge in [-0.05, 0) is 18.7 Å². The highest BCUT2D eigenvalue weighted by molar-refractivity contribution is 7.89. The lowest BCUT2D eigenvalue weighted by molar-refractivity contribution is 0.171. The molecule has 1 aliphatic heterocycles. The molecule has 0 radical (unpaired) electrons. The van der Waals surface area contributed by atoms with E-state index in [-0.39, 0.29) is 4.90 Å². The van der Waals surface area contributed by atoms with Crippen LogP contribution in [0.25, 0.3) is 0 Å². The van der Waals surface area contributed by atoms with Crippen molar-refractivity contribution in [3.05, 3.63) is 18.2 Å². The highest BCUT2D eigenvalue weighted by Crippen LogP contribution is 2.31. The Morgan fingerprint density at radius 1 is 1.16 bits per heavy atom. The number of ether oxygens (including phenoxy) is 2. The number of nitrogens with one attached hydrogen (secondary N) is 2. The Morgan fingerprint density at radius 3 is 2.63 bits per heavy atom. The fraction of sp³-hybridized carbons (Fsp3) is 0.500. The summed E-state index contributed by atoms with van der Waals surface area (Å²) in [6, 6.07) is 4.63. The number of fused-ring (bicyclic) bond motifs is 1. The molecule has 0 fully saturated rings. The SMILES string of the molecule is CCNCCNS(=O)(=O)c1ccc2c(c1)OCCO2. The van der Waals surface area contributed by atoms with Crippen LogP contribution >= 0.6 is 0 Å². The Labute approximate surface area is 113 Å². The zero-order valence-corrected chi connectivity index (χ0v) is 11.6. The standard InChI is InChI=1S/C12H18N2O4S/c1-2-13-5-6-14-19(15,16)10-3-4-11-12(9-10)18-8-7-17-11/h3-4,9,13-14H,2,5-8H2,1H3. The lowest BCUT2D eigenvalue weighted by atomic mass is 10.3. The third-order valence-electron chi connectivity index (χ3n) is 2.67. The molecule has 106 valence electrons. The smallest absolute Gasteiger partial charge is 0.240 e. The van der Waals surface area contributed by atoms with Crippen molar-refractivity contribution in [2.45, 2.75) is 11.8 Å². The third kappa shape index (κ3) is 3.59. The van der Waals surface area contributed by atoms with Gasteiger partial charge in [0.05, 0.1) is 4.90 Å². The summed E-state index contributed by atoms with van der Waals surface area (Å²) in [5.74, 6) is 1.05. The van der Waals surface area contributed by atoms with E-state index in [0.29, 0.717) is 37.8 Å². The lowest BCUT2D eigenvalue weighted by Crippen LogP contribution is -2.31. The first-order chi connectivity index (χ1) is 9.13. The zero-order valence-electron chi connectivity index (χ0n) is 10.8. The van der Waals surface area contributed by atoms with E-state index in [1.54, 1.807) is 6.07 Å². The fourth-order valence-corrected chi connectivity index (χ4v) is 2.77. The number of sulfonamides is 1. The van der Waals surface area contributed by atoms with Crippen molar-refractivity contribution in [1.29, 1.82) is 0 Å². The maximum atomic E-state index is 12.0. The van der Waals surface area contributed by atoms with E-state index in [2.05, 4.69) is 10.0 Å². The van der Waals surface area contributed by atoms with Gasteiger partial charge in [-0.15, -0.1) is 0 Å². The van der Waals surface area contributed by atoms with Crippen LogP contribution < -0.4 is 19.5 Å². The highest BCUT2D eigenvalue weighted by Gasteiger charge is 2.18. The Hall–Kier alpha value is -1.31. The molecule has 0 saturated heterocycles. The molecule has 1 heterocycles. The van der Waals surface area contributed by atoms with Gasteiger partial charge in [-0.1, -0.05) is 6.92 Å². The van der Waals surface area contributed by atoms with Crippen molar-refractivity contribution < 1.29 is 17.9 Å². The van der Waals surface area contributed by atoms with E-state index >= 15 is 0 Å². The Bertz CT molecular complexity index is 531. The molecule has 19 heavy (non-hydrogen) atoms. The maximum Gasteiger partial charge on any atom is 0.240 e. The molecule has 7 heteroatoms. The maximum absolute atomic E-state index is 12.0.